The minimum atomic E-state index is -1.22. The molecule has 0 spiro atoms. The van der Waals surface area contributed by atoms with Crippen LogP contribution in [0.5, 0.6) is 0 Å². The van der Waals surface area contributed by atoms with Crippen molar-refractivity contribution >= 4 is 41.7 Å². The molecule has 1 amide bonds. The maximum Gasteiger partial charge on any atom is 0.252 e. The quantitative estimate of drug-likeness (QED) is 0.276. The predicted molar refractivity (Wildman–Crippen MR) is 139 cm³/mol. The van der Waals surface area contributed by atoms with Gasteiger partial charge in [-0.15, -0.1) is 0 Å². The van der Waals surface area contributed by atoms with Crippen LogP contribution in [0.1, 0.15) is 17.3 Å². The Morgan fingerprint density at radius 3 is 2.63 bits per heavy atom. The van der Waals surface area contributed by atoms with E-state index in [4.69, 9.17) is 20.6 Å². The highest BCUT2D eigenvalue weighted by Crippen LogP contribution is 2.35. The molecule has 9 nitrogen and oxygen atoms in total. The van der Waals surface area contributed by atoms with Crippen LogP contribution in [0.15, 0.2) is 24.5 Å². The SMILES string of the molecule is CCn1nc(-c2cnc3c(n2)c(C(N)=O)cn3COCC[Si](C)(C)C)c2c(N(C)C)cc(F)cc21. The van der Waals surface area contributed by atoms with Crippen molar-refractivity contribution in [2.45, 2.75) is 45.9 Å². The monoisotopic (exact) mass is 497 g/mol. The summed E-state index contributed by atoms with van der Waals surface area (Å²) in [6.07, 6.45) is 3.25. The summed E-state index contributed by atoms with van der Waals surface area (Å²) in [5.41, 5.74) is 9.21. The smallest absolute Gasteiger partial charge is 0.252 e. The Hall–Kier alpha value is -3.31. The van der Waals surface area contributed by atoms with E-state index in [2.05, 4.69) is 24.6 Å². The zero-order valence-electron chi connectivity index (χ0n) is 21.1. The molecule has 0 aliphatic rings. The molecule has 0 saturated heterocycles. The van der Waals surface area contributed by atoms with Crippen molar-refractivity contribution < 1.29 is 13.9 Å². The number of rotatable bonds is 9. The molecule has 0 unspecified atom stereocenters. The lowest BCUT2D eigenvalue weighted by molar-refractivity contribution is 0.0895. The number of aryl methyl sites for hydroxylation is 1. The molecule has 0 aliphatic carbocycles. The van der Waals surface area contributed by atoms with Gasteiger partial charge in [0.05, 0.1) is 28.4 Å². The van der Waals surface area contributed by atoms with Gasteiger partial charge in [-0.05, 0) is 25.1 Å². The molecule has 4 aromatic rings. The molecule has 0 saturated carbocycles. The molecule has 2 N–H and O–H groups in total. The van der Waals surface area contributed by atoms with Gasteiger partial charge in [0.1, 0.15) is 29.5 Å². The third-order valence-electron chi connectivity index (χ3n) is 5.88. The lowest BCUT2D eigenvalue weighted by Gasteiger charge is -2.15. The number of ether oxygens (including phenoxy) is 1. The van der Waals surface area contributed by atoms with Gasteiger partial charge in [-0.1, -0.05) is 19.6 Å². The standard InChI is InChI=1S/C24H32FN7O2Si/c1-7-32-19-11-15(25)10-18(30(2)3)20(19)22(29-32)17-12-27-24-21(28-17)16(23(26)33)13-31(24)14-34-8-9-35(4,5)6/h10-13H,7-9,14H2,1-6H3,(H2,26,33). The summed E-state index contributed by atoms with van der Waals surface area (Å²) < 4.78 is 23.7. The second-order valence-corrected chi connectivity index (χ2v) is 15.7. The van der Waals surface area contributed by atoms with E-state index in [-0.39, 0.29) is 18.1 Å². The number of nitrogens with two attached hydrogens (primary N) is 1. The number of amides is 1. The molecule has 3 aromatic heterocycles. The van der Waals surface area contributed by atoms with Crippen LogP contribution in [0.25, 0.3) is 33.5 Å². The molecule has 0 atom stereocenters. The van der Waals surface area contributed by atoms with Crippen molar-refractivity contribution in [2.75, 3.05) is 25.6 Å². The van der Waals surface area contributed by atoms with Gasteiger partial charge < -0.3 is 19.9 Å². The Bertz CT molecular complexity index is 1400. The lowest BCUT2D eigenvalue weighted by Crippen LogP contribution is -2.22. The van der Waals surface area contributed by atoms with E-state index in [1.807, 2.05) is 25.9 Å². The summed E-state index contributed by atoms with van der Waals surface area (Å²) in [6.45, 7) is 10.3. The highest BCUT2D eigenvalue weighted by atomic mass is 28.3. The Balaban J connectivity index is 1.82. The number of nitrogens with zero attached hydrogens (tertiary/aromatic N) is 6. The fraction of sp³-hybridized carbons (Fsp3) is 0.417. The second-order valence-electron chi connectivity index (χ2n) is 10.0. The zero-order valence-corrected chi connectivity index (χ0v) is 22.1. The second kappa shape index (κ2) is 9.38. The van der Waals surface area contributed by atoms with Crippen LogP contribution in [0, 0.1) is 5.82 Å². The Morgan fingerprint density at radius 1 is 1.26 bits per heavy atom. The van der Waals surface area contributed by atoms with Crippen LogP contribution in [-0.4, -0.2) is 59.0 Å². The fourth-order valence-electron chi connectivity index (χ4n) is 4.01. The van der Waals surface area contributed by atoms with Crippen molar-refractivity contribution in [1.82, 2.24) is 24.3 Å². The molecule has 4 rings (SSSR count). The minimum Gasteiger partial charge on any atom is -0.377 e. The maximum absolute atomic E-state index is 14.4. The van der Waals surface area contributed by atoms with Gasteiger partial charge in [0.25, 0.3) is 5.91 Å². The average Bonchev–Trinajstić information content (AvgIpc) is 3.33. The molecular weight excluding hydrogens is 465 g/mol. The largest absolute Gasteiger partial charge is 0.377 e. The molecule has 0 aliphatic heterocycles. The van der Waals surface area contributed by atoms with Gasteiger partial charge in [-0.3, -0.25) is 9.48 Å². The van der Waals surface area contributed by atoms with Crippen LogP contribution in [0.3, 0.4) is 0 Å². The molecule has 186 valence electrons. The fourth-order valence-corrected chi connectivity index (χ4v) is 4.76. The molecule has 11 heteroatoms. The van der Waals surface area contributed by atoms with Crippen LogP contribution in [0.4, 0.5) is 10.1 Å². The molecule has 3 heterocycles. The Morgan fingerprint density at radius 2 is 2.00 bits per heavy atom. The highest BCUT2D eigenvalue weighted by molar-refractivity contribution is 6.76. The zero-order chi connectivity index (χ0) is 25.5. The third kappa shape index (κ3) is 4.91. The summed E-state index contributed by atoms with van der Waals surface area (Å²) >= 11 is 0. The number of hydrogen-bond acceptors (Lipinski definition) is 6. The summed E-state index contributed by atoms with van der Waals surface area (Å²) in [5, 5.41) is 5.48. The van der Waals surface area contributed by atoms with Crippen LogP contribution < -0.4 is 10.6 Å². The summed E-state index contributed by atoms with van der Waals surface area (Å²) in [4.78, 5) is 23.4. The normalized spacial score (nSPS) is 12.1. The van der Waals surface area contributed by atoms with Crippen LogP contribution in [-0.2, 0) is 18.0 Å². The third-order valence-corrected chi connectivity index (χ3v) is 7.58. The lowest BCUT2D eigenvalue weighted by atomic mass is 10.1. The first kappa shape index (κ1) is 24.8. The number of aromatic nitrogens is 5. The van der Waals surface area contributed by atoms with E-state index >= 15 is 0 Å². The number of carbonyl (C=O) groups excluding carboxylic acids is 1. The number of halogens is 1. The van der Waals surface area contributed by atoms with Crippen molar-refractivity contribution in [2.24, 2.45) is 5.73 Å². The van der Waals surface area contributed by atoms with Gasteiger partial charge in [0.2, 0.25) is 0 Å². The average molecular weight is 498 g/mol. The van der Waals surface area contributed by atoms with E-state index in [1.54, 1.807) is 21.6 Å². The summed E-state index contributed by atoms with van der Waals surface area (Å²) in [7, 11) is 2.48. The first-order valence-corrected chi connectivity index (χ1v) is 15.3. The van der Waals surface area contributed by atoms with Gasteiger partial charge in [0, 0.05) is 41.5 Å². The first-order chi connectivity index (χ1) is 16.5. The Kier molecular flexibility index (Phi) is 6.65. The van der Waals surface area contributed by atoms with E-state index in [0.29, 0.717) is 46.9 Å². The van der Waals surface area contributed by atoms with E-state index < -0.39 is 14.0 Å². The van der Waals surface area contributed by atoms with Crippen LogP contribution in [0.2, 0.25) is 25.7 Å². The number of carbonyl (C=O) groups is 1. The Labute approximate surface area is 204 Å². The number of fused-ring (bicyclic) bond motifs is 2. The molecule has 0 bridgehead atoms. The molecule has 35 heavy (non-hydrogen) atoms. The van der Waals surface area contributed by atoms with Gasteiger partial charge in [0.15, 0.2) is 5.65 Å². The number of hydrogen-bond donors (Lipinski definition) is 1. The maximum atomic E-state index is 14.4. The first-order valence-electron chi connectivity index (χ1n) is 11.6. The topological polar surface area (TPSA) is 104 Å². The van der Waals surface area contributed by atoms with Gasteiger partial charge in [-0.25, -0.2) is 14.4 Å². The molecule has 0 fully saturated rings. The van der Waals surface area contributed by atoms with Crippen molar-refractivity contribution in [3.05, 3.63) is 35.9 Å². The minimum absolute atomic E-state index is 0.250. The van der Waals surface area contributed by atoms with E-state index in [0.717, 1.165) is 11.4 Å². The molecular formula is C24H32FN7O2Si. The number of benzene rings is 1. The van der Waals surface area contributed by atoms with Crippen molar-refractivity contribution in [1.29, 1.82) is 0 Å². The van der Waals surface area contributed by atoms with Gasteiger partial charge in [-0.2, -0.15) is 5.10 Å². The van der Waals surface area contributed by atoms with Gasteiger partial charge >= 0.3 is 0 Å². The summed E-state index contributed by atoms with van der Waals surface area (Å²) in [6, 6.07) is 3.98. The molecule has 0 radical (unpaired) electrons. The highest BCUT2D eigenvalue weighted by Gasteiger charge is 2.22. The number of anilines is 1. The summed E-state index contributed by atoms with van der Waals surface area (Å²) in [5.74, 6) is -0.937. The predicted octanol–water partition coefficient (Wildman–Crippen LogP) is 4.08. The van der Waals surface area contributed by atoms with E-state index in [9.17, 15) is 9.18 Å². The van der Waals surface area contributed by atoms with E-state index in [1.165, 1.54) is 12.1 Å². The van der Waals surface area contributed by atoms with Crippen LogP contribution >= 0.6 is 0 Å². The molecule has 1 aromatic carbocycles. The number of primary amides is 1. The van der Waals surface area contributed by atoms with Crippen molar-refractivity contribution in [3.8, 4) is 11.4 Å². The van der Waals surface area contributed by atoms with Crippen molar-refractivity contribution in [3.63, 3.8) is 0 Å².